The molecule has 14 heteroatoms. The number of carbonyl (C=O) groups excluding carboxylic acids is 1. The van der Waals surface area contributed by atoms with Crippen LogP contribution in [0.4, 0.5) is 5.95 Å². The Morgan fingerprint density at radius 1 is 1.15 bits per heavy atom. The second-order valence-electron chi connectivity index (χ2n) is 10.1. The third kappa shape index (κ3) is 6.20. The maximum atomic E-state index is 12.1. The van der Waals surface area contributed by atoms with Crippen LogP contribution in [-0.2, 0) is 31.7 Å². The van der Waals surface area contributed by atoms with E-state index in [4.69, 9.17) is 19.4 Å². The van der Waals surface area contributed by atoms with E-state index < -0.39 is 16.4 Å². The Morgan fingerprint density at radius 3 is 2.52 bits per heavy atom. The van der Waals surface area contributed by atoms with Crippen LogP contribution >= 0.6 is 11.3 Å². The van der Waals surface area contributed by atoms with Crippen molar-refractivity contribution in [3.8, 4) is 17.1 Å². The standard InChI is InChI=1S/C26H34N6O6S2/c1-17-20(14-30-4-6-31(7-5-30)21(34)15-33)23-24(39-17)22(28-26(29-23)32-8-10-38-11-9-32)18-12-19(16-40(3,35)36)25(37-2)27-13-18/h12-13,33H,4-11,14-16H2,1-3H3. The maximum Gasteiger partial charge on any atom is 0.248 e. The first-order chi connectivity index (χ1) is 19.2. The number of hydrogen-bond acceptors (Lipinski definition) is 12. The Balaban J connectivity index is 1.57. The molecule has 5 heterocycles. The summed E-state index contributed by atoms with van der Waals surface area (Å²) in [7, 11) is -1.85. The number of thiophene rings is 1. The molecule has 2 aliphatic rings. The number of methoxy groups -OCH3 is 1. The molecule has 1 amide bonds. The van der Waals surface area contributed by atoms with Crippen molar-refractivity contribution in [2.24, 2.45) is 0 Å². The van der Waals surface area contributed by atoms with Crippen LogP contribution in [0.1, 0.15) is 16.0 Å². The van der Waals surface area contributed by atoms with E-state index in [1.165, 1.54) is 13.4 Å². The first-order valence-electron chi connectivity index (χ1n) is 13.1. The lowest BCUT2D eigenvalue weighted by atomic mass is 10.1. The summed E-state index contributed by atoms with van der Waals surface area (Å²) in [5.41, 5.74) is 3.85. The van der Waals surface area contributed by atoms with Gasteiger partial charge in [0.25, 0.3) is 0 Å². The van der Waals surface area contributed by atoms with Crippen molar-refractivity contribution >= 4 is 43.2 Å². The van der Waals surface area contributed by atoms with Gasteiger partial charge in [0.15, 0.2) is 9.84 Å². The van der Waals surface area contributed by atoms with Gasteiger partial charge in [0.1, 0.15) is 6.61 Å². The zero-order valence-electron chi connectivity index (χ0n) is 22.9. The molecule has 0 saturated carbocycles. The Hall–Kier alpha value is -2.91. The summed E-state index contributed by atoms with van der Waals surface area (Å²) in [5.74, 6) is 0.437. The second kappa shape index (κ2) is 11.9. The molecular weight excluding hydrogens is 556 g/mol. The molecule has 0 spiro atoms. The number of rotatable bonds is 8. The summed E-state index contributed by atoms with van der Waals surface area (Å²) in [6.07, 6.45) is 2.86. The van der Waals surface area contributed by atoms with Crippen molar-refractivity contribution < 1.29 is 27.8 Å². The van der Waals surface area contributed by atoms with E-state index in [2.05, 4.69) is 21.7 Å². The first kappa shape index (κ1) is 28.6. The number of aromatic nitrogens is 3. The Bertz CT molecular complexity index is 1500. The van der Waals surface area contributed by atoms with Gasteiger partial charge < -0.3 is 24.4 Å². The summed E-state index contributed by atoms with van der Waals surface area (Å²) in [4.78, 5) is 33.6. The fourth-order valence-electron chi connectivity index (χ4n) is 5.08. The smallest absolute Gasteiger partial charge is 0.248 e. The van der Waals surface area contributed by atoms with Gasteiger partial charge in [0.2, 0.25) is 17.7 Å². The lowest BCUT2D eigenvalue weighted by Gasteiger charge is -2.34. The van der Waals surface area contributed by atoms with Gasteiger partial charge in [-0.3, -0.25) is 9.69 Å². The van der Waals surface area contributed by atoms with E-state index in [1.807, 2.05) is 0 Å². The van der Waals surface area contributed by atoms with Crippen LogP contribution in [-0.4, -0.2) is 117 Å². The number of aliphatic hydroxyl groups is 1. The topological polar surface area (TPSA) is 138 Å². The number of sulfone groups is 1. The van der Waals surface area contributed by atoms with Crippen LogP contribution in [0.3, 0.4) is 0 Å². The predicted molar refractivity (Wildman–Crippen MR) is 152 cm³/mol. The fourth-order valence-corrected chi connectivity index (χ4v) is 6.97. The zero-order chi connectivity index (χ0) is 28.4. The van der Waals surface area contributed by atoms with Gasteiger partial charge in [0.05, 0.1) is 42.0 Å². The van der Waals surface area contributed by atoms with Gasteiger partial charge in [-0.1, -0.05) is 0 Å². The normalized spacial score (nSPS) is 17.0. The average Bonchev–Trinajstić information content (AvgIpc) is 3.26. The number of piperazine rings is 1. The number of ether oxygens (including phenoxy) is 2. The number of amides is 1. The molecular formula is C26H34N6O6S2. The molecule has 2 fully saturated rings. The lowest BCUT2D eigenvalue weighted by molar-refractivity contribution is -0.136. The summed E-state index contributed by atoms with van der Waals surface area (Å²) < 4.78 is 36.1. The number of carbonyl (C=O) groups is 1. The van der Waals surface area contributed by atoms with Gasteiger partial charge >= 0.3 is 0 Å². The number of hydrogen-bond donors (Lipinski definition) is 1. The molecule has 0 aliphatic carbocycles. The quantitative estimate of drug-likeness (QED) is 0.403. The molecule has 3 aromatic heterocycles. The van der Waals surface area contributed by atoms with Crippen LogP contribution in [0, 0.1) is 6.92 Å². The summed E-state index contributed by atoms with van der Waals surface area (Å²) in [6.45, 7) is 7.35. The highest BCUT2D eigenvalue weighted by Gasteiger charge is 2.26. The van der Waals surface area contributed by atoms with E-state index in [1.54, 1.807) is 28.5 Å². The van der Waals surface area contributed by atoms with Crippen LogP contribution < -0.4 is 9.64 Å². The summed E-state index contributed by atoms with van der Waals surface area (Å²) in [5, 5.41) is 9.20. The third-order valence-corrected chi connectivity index (χ3v) is 9.14. The summed E-state index contributed by atoms with van der Waals surface area (Å²) >= 11 is 1.61. The number of anilines is 1. The fraction of sp³-hybridized carbons (Fsp3) is 0.538. The highest BCUT2D eigenvalue weighted by molar-refractivity contribution is 7.89. The molecule has 5 rings (SSSR count). The molecule has 0 unspecified atom stereocenters. The Kier molecular flexibility index (Phi) is 8.52. The highest BCUT2D eigenvalue weighted by Crippen LogP contribution is 2.39. The molecule has 0 atom stereocenters. The molecule has 0 bridgehead atoms. The number of morpholine rings is 1. The minimum Gasteiger partial charge on any atom is -0.481 e. The van der Waals surface area contributed by atoms with Crippen LogP contribution in [0.2, 0.25) is 0 Å². The number of aliphatic hydroxyl groups excluding tert-OH is 1. The molecule has 1 N–H and O–H groups in total. The van der Waals surface area contributed by atoms with Crippen molar-refractivity contribution in [1.82, 2.24) is 24.8 Å². The molecule has 2 aliphatic heterocycles. The van der Waals surface area contributed by atoms with E-state index >= 15 is 0 Å². The van der Waals surface area contributed by atoms with E-state index in [-0.39, 0.29) is 17.5 Å². The highest BCUT2D eigenvalue weighted by atomic mass is 32.2. The monoisotopic (exact) mass is 590 g/mol. The van der Waals surface area contributed by atoms with Gasteiger partial charge in [-0.15, -0.1) is 11.3 Å². The van der Waals surface area contributed by atoms with Crippen molar-refractivity contribution in [2.75, 3.05) is 77.4 Å². The zero-order valence-corrected chi connectivity index (χ0v) is 24.6. The molecule has 40 heavy (non-hydrogen) atoms. The van der Waals surface area contributed by atoms with Crippen molar-refractivity contribution in [1.29, 1.82) is 0 Å². The maximum absolute atomic E-state index is 12.1. The van der Waals surface area contributed by atoms with E-state index in [0.717, 1.165) is 20.7 Å². The average molecular weight is 591 g/mol. The SMILES string of the molecule is COc1ncc(-c2nc(N3CCOCC3)nc3c(CN4CCN(C(=O)CO)CC4)c(C)sc23)cc1CS(C)(=O)=O. The second-order valence-corrected chi connectivity index (χ2v) is 13.4. The molecule has 216 valence electrons. The lowest BCUT2D eigenvalue weighted by Crippen LogP contribution is -2.49. The van der Waals surface area contributed by atoms with Crippen molar-refractivity contribution in [2.45, 2.75) is 19.2 Å². The van der Waals surface area contributed by atoms with Gasteiger partial charge in [-0.05, 0) is 13.0 Å². The first-order valence-corrected chi connectivity index (χ1v) is 16.0. The molecule has 12 nitrogen and oxygen atoms in total. The third-order valence-electron chi connectivity index (χ3n) is 7.17. The molecule has 0 aromatic carbocycles. The van der Waals surface area contributed by atoms with E-state index in [0.29, 0.717) is 81.8 Å². The predicted octanol–water partition coefficient (Wildman–Crippen LogP) is 1.09. The molecule has 0 radical (unpaired) electrons. The van der Waals surface area contributed by atoms with Crippen molar-refractivity contribution in [3.63, 3.8) is 0 Å². The number of nitrogens with zero attached hydrogens (tertiary/aromatic N) is 6. The minimum atomic E-state index is -3.32. The Labute approximate surface area is 237 Å². The van der Waals surface area contributed by atoms with Gasteiger partial charge in [-0.25, -0.2) is 23.4 Å². The van der Waals surface area contributed by atoms with E-state index in [9.17, 15) is 18.3 Å². The molecule has 3 aromatic rings. The van der Waals surface area contributed by atoms with Crippen molar-refractivity contribution in [3.05, 3.63) is 28.3 Å². The van der Waals surface area contributed by atoms with Gasteiger partial charge in [-0.2, -0.15) is 0 Å². The number of pyridine rings is 1. The van der Waals surface area contributed by atoms with Crippen LogP contribution in [0.25, 0.3) is 21.5 Å². The van der Waals surface area contributed by atoms with Gasteiger partial charge in [0, 0.05) is 79.8 Å². The summed E-state index contributed by atoms with van der Waals surface area (Å²) in [6, 6.07) is 1.80. The largest absolute Gasteiger partial charge is 0.481 e. The van der Waals surface area contributed by atoms with Crippen LogP contribution in [0.15, 0.2) is 12.3 Å². The van der Waals surface area contributed by atoms with Crippen LogP contribution in [0.5, 0.6) is 5.88 Å². The molecule has 2 saturated heterocycles. The number of fused-ring (bicyclic) bond motifs is 1. The Morgan fingerprint density at radius 2 is 1.88 bits per heavy atom. The minimum absolute atomic E-state index is 0.193. The number of aryl methyl sites for hydroxylation is 1.